The van der Waals surface area contributed by atoms with E-state index in [1.165, 1.54) is 0 Å². The summed E-state index contributed by atoms with van der Waals surface area (Å²) in [7, 11) is 0. The zero-order valence-electron chi connectivity index (χ0n) is 12.0. The molecule has 0 saturated carbocycles. The van der Waals surface area contributed by atoms with E-state index in [1.54, 1.807) is 24.4 Å². The monoisotopic (exact) mass is 348 g/mol. The summed E-state index contributed by atoms with van der Waals surface area (Å²) in [5.74, 6) is 1.04. The zero-order chi connectivity index (χ0) is 15.2. The number of amides is 1. The summed E-state index contributed by atoms with van der Waals surface area (Å²) in [5.41, 5.74) is 1.45. The van der Waals surface area contributed by atoms with Gasteiger partial charge < -0.3 is 10.6 Å². The van der Waals surface area contributed by atoms with Crippen molar-refractivity contribution in [3.05, 3.63) is 46.2 Å². The minimum atomic E-state index is -0.193. The fraction of sp³-hybridized carbons (Fsp3) is 0.267. The standard InChI is InChI=1S/C15H17BrN4O/c1-3-12-7-10(8-14(19-12)17-4-2)15(21)20-13-6-5-11(16)9-18-13/h5-9H,3-4H2,1-2H3,(H,17,19)(H,18,20,21). The van der Waals surface area contributed by atoms with E-state index in [9.17, 15) is 4.79 Å². The van der Waals surface area contributed by atoms with Crippen molar-refractivity contribution < 1.29 is 4.79 Å². The van der Waals surface area contributed by atoms with Crippen LogP contribution < -0.4 is 10.6 Å². The number of aryl methyl sites for hydroxylation is 1. The zero-order valence-corrected chi connectivity index (χ0v) is 13.6. The summed E-state index contributed by atoms with van der Waals surface area (Å²) in [6, 6.07) is 7.12. The number of carbonyl (C=O) groups excluding carboxylic acids is 1. The fourth-order valence-electron chi connectivity index (χ4n) is 1.81. The first-order valence-electron chi connectivity index (χ1n) is 6.80. The molecule has 2 aromatic rings. The molecule has 5 nitrogen and oxygen atoms in total. The van der Waals surface area contributed by atoms with Crippen LogP contribution in [0.15, 0.2) is 34.9 Å². The molecule has 0 aliphatic rings. The van der Waals surface area contributed by atoms with Crippen LogP contribution in [0.2, 0.25) is 0 Å². The molecule has 2 N–H and O–H groups in total. The molecule has 0 spiro atoms. The summed E-state index contributed by atoms with van der Waals surface area (Å²) in [6.45, 7) is 4.76. The summed E-state index contributed by atoms with van der Waals surface area (Å²) < 4.78 is 0.868. The van der Waals surface area contributed by atoms with Crippen LogP contribution in [0.25, 0.3) is 0 Å². The average molecular weight is 349 g/mol. The number of halogens is 1. The molecule has 2 rings (SSSR count). The molecule has 0 aromatic carbocycles. The van der Waals surface area contributed by atoms with Crippen LogP contribution in [0, 0.1) is 0 Å². The van der Waals surface area contributed by atoms with Gasteiger partial charge in [0.2, 0.25) is 0 Å². The van der Waals surface area contributed by atoms with Gasteiger partial charge in [0.25, 0.3) is 5.91 Å². The van der Waals surface area contributed by atoms with Crippen LogP contribution in [0.5, 0.6) is 0 Å². The Kier molecular flexibility index (Phi) is 5.27. The SMILES string of the molecule is CCNc1cc(C(=O)Nc2ccc(Br)cn2)cc(CC)n1. The topological polar surface area (TPSA) is 66.9 Å². The molecule has 0 unspecified atom stereocenters. The molecule has 0 aliphatic carbocycles. The second-order valence-corrected chi connectivity index (χ2v) is 5.35. The number of nitrogens with one attached hydrogen (secondary N) is 2. The quantitative estimate of drug-likeness (QED) is 0.867. The molecular formula is C15H17BrN4O. The summed E-state index contributed by atoms with van der Waals surface area (Å²) in [6.07, 6.45) is 2.42. The lowest BCUT2D eigenvalue weighted by Crippen LogP contribution is -2.14. The summed E-state index contributed by atoms with van der Waals surface area (Å²) >= 11 is 3.31. The van der Waals surface area contributed by atoms with Gasteiger partial charge in [-0.1, -0.05) is 6.92 Å². The van der Waals surface area contributed by atoms with Gasteiger partial charge in [0.05, 0.1) is 0 Å². The predicted octanol–water partition coefficient (Wildman–Crippen LogP) is 3.49. The molecule has 0 aliphatic heterocycles. The Hall–Kier alpha value is -1.95. The molecule has 0 fully saturated rings. The first kappa shape index (κ1) is 15.4. The number of nitrogens with zero attached hydrogens (tertiary/aromatic N) is 2. The van der Waals surface area contributed by atoms with Crippen LogP contribution >= 0.6 is 15.9 Å². The maximum atomic E-state index is 12.3. The highest BCUT2D eigenvalue weighted by Gasteiger charge is 2.10. The summed E-state index contributed by atoms with van der Waals surface area (Å²) in [5, 5.41) is 5.92. The van der Waals surface area contributed by atoms with Crippen molar-refractivity contribution in [2.75, 3.05) is 17.2 Å². The molecule has 2 aromatic heterocycles. The number of aromatic nitrogens is 2. The van der Waals surface area contributed by atoms with Gasteiger partial charge in [-0.05, 0) is 53.5 Å². The number of hydrogen-bond donors (Lipinski definition) is 2. The van der Waals surface area contributed by atoms with Crippen LogP contribution in [-0.4, -0.2) is 22.4 Å². The van der Waals surface area contributed by atoms with Crippen molar-refractivity contribution in [2.24, 2.45) is 0 Å². The van der Waals surface area contributed by atoms with E-state index in [2.05, 4.69) is 36.5 Å². The van der Waals surface area contributed by atoms with Gasteiger partial charge in [-0.25, -0.2) is 9.97 Å². The molecule has 6 heteroatoms. The number of hydrogen-bond acceptors (Lipinski definition) is 4. The second kappa shape index (κ2) is 7.17. The molecule has 0 radical (unpaired) electrons. The third-order valence-corrected chi connectivity index (χ3v) is 3.30. The molecule has 0 saturated heterocycles. The predicted molar refractivity (Wildman–Crippen MR) is 87.7 cm³/mol. The largest absolute Gasteiger partial charge is 0.370 e. The lowest BCUT2D eigenvalue weighted by atomic mass is 10.2. The smallest absolute Gasteiger partial charge is 0.257 e. The summed E-state index contributed by atoms with van der Waals surface area (Å²) in [4.78, 5) is 20.9. The van der Waals surface area contributed by atoms with E-state index in [0.29, 0.717) is 17.2 Å². The van der Waals surface area contributed by atoms with E-state index >= 15 is 0 Å². The van der Waals surface area contributed by atoms with Crippen molar-refractivity contribution in [3.63, 3.8) is 0 Å². The average Bonchev–Trinajstić information content (AvgIpc) is 2.49. The minimum Gasteiger partial charge on any atom is -0.370 e. The van der Waals surface area contributed by atoms with E-state index in [1.807, 2.05) is 19.9 Å². The molecule has 1 amide bonds. The lowest BCUT2D eigenvalue weighted by molar-refractivity contribution is 0.102. The molecule has 2 heterocycles. The Balaban J connectivity index is 2.21. The van der Waals surface area contributed by atoms with Gasteiger partial charge in [-0.3, -0.25) is 4.79 Å². The van der Waals surface area contributed by atoms with Gasteiger partial charge >= 0.3 is 0 Å². The molecule has 21 heavy (non-hydrogen) atoms. The Morgan fingerprint density at radius 1 is 1.24 bits per heavy atom. The fourth-order valence-corrected chi connectivity index (χ4v) is 2.04. The van der Waals surface area contributed by atoms with Gasteiger partial charge in [0.15, 0.2) is 0 Å². The van der Waals surface area contributed by atoms with Crippen LogP contribution in [0.4, 0.5) is 11.6 Å². The van der Waals surface area contributed by atoms with E-state index in [-0.39, 0.29) is 5.91 Å². The number of carbonyl (C=O) groups is 1. The number of rotatable bonds is 5. The maximum Gasteiger partial charge on any atom is 0.257 e. The van der Waals surface area contributed by atoms with Crippen molar-refractivity contribution in [1.82, 2.24) is 9.97 Å². The Labute approximate surface area is 132 Å². The Bertz CT molecular complexity index is 628. The highest BCUT2D eigenvalue weighted by molar-refractivity contribution is 9.10. The number of anilines is 2. The molecular weight excluding hydrogens is 332 g/mol. The minimum absolute atomic E-state index is 0.193. The Morgan fingerprint density at radius 2 is 2.05 bits per heavy atom. The Morgan fingerprint density at radius 3 is 2.67 bits per heavy atom. The third-order valence-electron chi connectivity index (χ3n) is 2.83. The van der Waals surface area contributed by atoms with Crippen molar-refractivity contribution >= 4 is 33.5 Å². The van der Waals surface area contributed by atoms with Crippen LogP contribution in [-0.2, 0) is 6.42 Å². The van der Waals surface area contributed by atoms with E-state index < -0.39 is 0 Å². The molecule has 110 valence electrons. The van der Waals surface area contributed by atoms with Gasteiger partial charge in [0, 0.05) is 28.5 Å². The van der Waals surface area contributed by atoms with Crippen molar-refractivity contribution in [3.8, 4) is 0 Å². The van der Waals surface area contributed by atoms with E-state index in [0.717, 1.165) is 23.1 Å². The highest BCUT2D eigenvalue weighted by atomic mass is 79.9. The first-order valence-corrected chi connectivity index (χ1v) is 7.59. The van der Waals surface area contributed by atoms with E-state index in [4.69, 9.17) is 0 Å². The maximum absolute atomic E-state index is 12.3. The normalized spacial score (nSPS) is 10.2. The van der Waals surface area contributed by atoms with Crippen molar-refractivity contribution in [2.45, 2.75) is 20.3 Å². The van der Waals surface area contributed by atoms with Gasteiger partial charge in [0.1, 0.15) is 11.6 Å². The van der Waals surface area contributed by atoms with Crippen LogP contribution in [0.1, 0.15) is 29.9 Å². The highest BCUT2D eigenvalue weighted by Crippen LogP contribution is 2.15. The second-order valence-electron chi connectivity index (χ2n) is 4.43. The molecule has 0 atom stereocenters. The van der Waals surface area contributed by atoms with Crippen molar-refractivity contribution in [1.29, 1.82) is 0 Å². The first-order chi connectivity index (χ1) is 10.1. The third kappa shape index (κ3) is 4.26. The van der Waals surface area contributed by atoms with Gasteiger partial charge in [-0.15, -0.1) is 0 Å². The van der Waals surface area contributed by atoms with Gasteiger partial charge in [-0.2, -0.15) is 0 Å². The lowest BCUT2D eigenvalue weighted by Gasteiger charge is -2.09. The van der Waals surface area contributed by atoms with Crippen LogP contribution in [0.3, 0.4) is 0 Å². The molecule has 0 bridgehead atoms. The number of pyridine rings is 2.